The van der Waals surface area contributed by atoms with Crippen LogP contribution in [0, 0.1) is 0 Å². The topological polar surface area (TPSA) is 6.48 Å². The highest BCUT2D eigenvalue weighted by Gasteiger charge is 2.00. The van der Waals surface area contributed by atoms with Crippen LogP contribution in [0.2, 0.25) is 0 Å². The van der Waals surface area contributed by atoms with Crippen LogP contribution in [0.1, 0.15) is 18.1 Å². The first-order chi connectivity index (χ1) is 11.0. The average Bonchev–Trinajstić information content (AvgIpc) is 2.53. The summed E-state index contributed by atoms with van der Waals surface area (Å²) in [6.45, 7) is 2.14. The minimum absolute atomic E-state index is 1.21. The average molecular weight is 306 g/mol. The fourth-order valence-electron chi connectivity index (χ4n) is 2.41. The van der Waals surface area contributed by atoms with Crippen molar-refractivity contribution in [3.8, 4) is 11.1 Å². The molecule has 0 heterocycles. The van der Waals surface area contributed by atoms with Crippen molar-refractivity contribution in [1.29, 1.82) is 0 Å². The van der Waals surface area contributed by atoms with Crippen LogP contribution in [0.4, 0.5) is 0 Å². The smallest absolute Gasteiger partial charge is 0.00557 e. The van der Waals surface area contributed by atoms with Gasteiger partial charge in [0.05, 0.1) is 0 Å². The largest absolute Gasteiger partial charge is 0.383 e. The van der Waals surface area contributed by atoms with Gasteiger partial charge < -0.3 is 9.80 Å². The van der Waals surface area contributed by atoms with Gasteiger partial charge in [0.25, 0.3) is 0 Å². The highest BCUT2D eigenvalue weighted by Crippen LogP contribution is 2.23. The van der Waals surface area contributed by atoms with Crippen LogP contribution in [0.3, 0.4) is 0 Å². The molecule has 120 valence electrons. The van der Waals surface area contributed by atoms with Crippen LogP contribution in [0.15, 0.2) is 60.9 Å². The zero-order valence-corrected chi connectivity index (χ0v) is 14.7. The molecule has 2 aromatic carbocycles. The second-order valence-electron chi connectivity index (χ2n) is 6.25. The third kappa shape index (κ3) is 5.03. The Labute approximate surface area is 140 Å². The van der Waals surface area contributed by atoms with Crippen LogP contribution >= 0.6 is 0 Å². The molecule has 2 rings (SSSR count). The van der Waals surface area contributed by atoms with Crippen molar-refractivity contribution >= 4 is 11.6 Å². The maximum atomic E-state index is 2.19. The Morgan fingerprint density at radius 1 is 0.739 bits per heavy atom. The summed E-state index contributed by atoms with van der Waals surface area (Å²) in [6.07, 6.45) is 6.31. The van der Waals surface area contributed by atoms with E-state index in [1.807, 2.05) is 33.1 Å². The number of nitrogens with zero attached hydrogens (tertiary/aromatic N) is 2. The molecule has 0 aromatic heterocycles. The summed E-state index contributed by atoms with van der Waals surface area (Å²) in [5.74, 6) is 0. The Balaban J connectivity index is 2.16. The molecule has 0 aliphatic rings. The number of rotatable bonds is 5. The van der Waals surface area contributed by atoms with Crippen molar-refractivity contribution in [2.75, 3.05) is 28.2 Å². The van der Waals surface area contributed by atoms with Crippen molar-refractivity contribution in [1.82, 2.24) is 9.80 Å². The lowest BCUT2D eigenvalue weighted by atomic mass is 10.0. The van der Waals surface area contributed by atoms with Crippen molar-refractivity contribution in [3.63, 3.8) is 0 Å². The minimum Gasteiger partial charge on any atom is -0.383 e. The molecule has 2 heteroatoms. The third-order valence-electron chi connectivity index (χ3n) is 3.60. The Morgan fingerprint density at radius 2 is 1.26 bits per heavy atom. The van der Waals surface area contributed by atoms with Gasteiger partial charge in [-0.1, -0.05) is 48.5 Å². The third-order valence-corrected chi connectivity index (χ3v) is 3.60. The van der Waals surface area contributed by atoms with Gasteiger partial charge in [0.1, 0.15) is 0 Å². The standard InChI is InChI=1S/C21H26N2/c1-17(16-23(4)5)19-10-12-21(13-11-19)20-8-6-18(7-9-20)14-15-22(2)3/h6-16H,1-5H3. The molecule has 0 N–H and O–H groups in total. The summed E-state index contributed by atoms with van der Waals surface area (Å²) in [5, 5.41) is 0. The maximum Gasteiger partial charge on any atom is 0.00557 e. The van der Waals surface area contributed by atoms with E-state index in [1.54, 1.807) is 0 Å². The molecular formula is C21H26N2. The van der Waals surface area contributed by atoms with E-state index in [9.17, 15) is 0 Å². The Hall–Kier alpha value is -2.48. The van der Waals surface area contributed by atoms with E-state index < -0.39 is 0 Å². The first kappa shape index (κ1) is 16.9. The van der Waals surface area contributed by atoms with Gasteiger partial charge in [-0.05, 0) is 47.0 Å². The zero-order chi connectivity index (χ0) is 16.8. The number of hydrogen-bond acceptors (Lipinski definition) is 2. The summed E-state index contributed by atoms with van der Waals surface area (Å²) in [7, 11) is 8.15. The number of allylic oxidation sites excluding steroid dienone is 1. The monoisotopic (exact) mass is 306 g/mol. The van der Waals surface area contributed by atoms with Crippen LogP contribution in [-0.4, -0.2) is 38.0 Å². The second-order valence-corrected chi connectivity index (χ2v) is 6.25. The van der Waals surface area contributed by atoms with Crippen molar-refractivity contribution in [2.24, 2.45) is 0 Å². The van der Waals surface area contributed by atoms with Gasteiger partial charge in [0, 0.05) is 34.4 Å². The Kier molecular flexibility index (Phi) is 5.64. The van der Waals surface area contributed by atoms with Gasteiger partial charge in [-0.3, -0.25) is 0 Å². The molecule has 0 fully saturated rings. The highest BCUT2D eigenvalue weighted by molar-refractivity contribution is 5.70. The van der Waals surface area contributed by atoms with E-state index in [0.29, 0.717) is 0 Å². The van der Waals surface area contributed by atoms with Crippen LogP contribution in [-0.2, 0) is 0 Å². The van der Waals surface area contributed by atoms with Gasteiger partial charge in [-0.15, -0.1) is 0 Å². The second kappa shape index (κ2) is 7.68. The molecule has 0 radical (unpaired) electrons. The normalized spacial score (nSPS) is 11.8. The molecule has 2 aromatic rings. The van der Waals surface area contributed by atoms with Crippen LogP contribution in [0.25, 0.3) is 22.8 Å². The predicted octanol–water partition coefficient (Wildman–Crippen LogP) is 4.81. The van der Waals surface area contributed by atoms with Crippen molar-refractivity contribution in [2.45, 2.75) is 6.92 Å². The molecule has 0 aliphatic heterocycles. The van der Waals surface area contributed by atoms with E-state index in [-0.39, 0.29) is 0 Å². The lowest BCUT2D eigenvalue weighted by Crippen LogP contribution is -2.01. The summed E-state index contributed by atoms with van der Waals surface area (Å²) in [6, 6.07) is 17.4. The van der Waals surface area contributed by atoms with Crippen molar-refractivity contribution < 1.29 is 0 Å². The number of benzene rings is 2. The molecule has 2 nitrogen and oxygen atoms in total. The van der Waals surface area contributed by atoms with Gasteiger partial charge in [0.15, 0.2) is 0 Å². The zero-order valence-electron chi connectivity index (χ0n) is 14.7. The minimum atomic E-state index is 1.21. The van der Waals surface area contributed by atoms with E-state index in [0.717, 1.165) is 0 Å². The lowest BCUT2D eigenvalue weighted by Gasteiger charge is -2.09. The van der Waals surface area contributed by atoms with E-state index in [1.165, 1.54) is 27.8 Å². The molecule has 23 heavy (non-hydrogen) atoms. The lowest BCUT2D eigenvalue weighted by molar-refractivity contribution is 0.565. The van der Waals surface area contributed by atoms with E-state index in [2.05, 4.69) is 78.8 Å². The number of hydrogen-bond donors (Lipinski definition) is 0. The first-order valence-electron chi connectivity index (χ1n) is 7.86. The molecule has 0 unspecified atom stereocenters. The molecule has 0 saturated heterocycles. The summed E-state index contributed by atoms with van der Waals surface area (Å²) < 4.78 is 0. The summed E-state index contributed by atoms with van der Waals surface area (Å²) in [4.78, 5) is 4.11. The van der Waals surface area contributed by atoms with Gasteiger partial charge in [-0.25, -0.2) is 0 Å². The molecule has 0 atom stereocenters. The van der Waals surface area contributed by atoms with Crippen molar-refractivity contribution in [3.05, 3.63) is 72.1 Å². The molecule has 0 saturated carbocycles. The van der Waals surface area contributed by atoms with Gasteiger partial charge in [0.2, 0.25) is 0 Å². The molecule has 0 bridgehead atoms. The molecule has 0 amide bonds. The fraction of sp³-hybridized carbons (Fsp3) is 0.238. The first-order valence-corrected chi connectivity index (χ1v) is 7.86. The molecule has 0 spiro atoms. The van der Waals surface area contributed by atoms with E-state index in [4.69, 9.17) is 0 Å². The van der Waals surface area contributed by atoms with Gasteiger partial charge in [-0.2, -0.15) is 0 Å². The van der Waals surface area contributed by atoms with Crippen LogP contribution < -0.4 is 0 Å². The SMILES string of the molecule is CC(=CN(C)C)c1ccc(-c2ccc(C=CN(C)C)cc2)cc1. The summed E-state index contributed by atoms with van der Waals surface area (Å²) in [5.41, 5.74) is 6.23. The highest BCUT2D eigenvalue weighted by atomic mass is 15.0. The Bertz CT molecular complexity index is 675. The molecule has 0 aliphatic carbocycles. The summed E-state index contributed by atoms with van der Waals surface area (Å²) >= 11 is 0. The quantitative estimate of drug-likeness (QED) is 0.782. The molecular weight excluding hydrogens is 280 g/mol. The van der Waals surface area contributed by atoms with Crippen LogP contribution in [0.5, 0.6) is 0 Å². The maximum absolute atomic E-state index is 2.19. The Morgan fingerprint density at radius 3 is 1.74 bits per heavy atom. The fourth-order valence-corrected chi connectivity index (χ4v) is 2.41. The van der Waals surface area contributed by atoms with Gasteiger partial charge >= 0.3 is 0 Å². The van der Waals surface area contributed by atoms with E-state index >= 15 is 0 Å². The predicted molar refractivity (Wildman–Crippen MR) is 102 cm³/mol.